The summed E-state index contributed by atoms with van der Waals surface area (Å²) in [6.45, 7) is 3.16. The van der Waals surface area contributed by atoms with E-state index >= 15 is 0 Å². The zero-order valence-corrected chi connectivity index (χ0v) is 18.8. The second kappa shape index (κ2) is 10.5. The fraction of sp³-hybridized carbons (Fsp3) is 0.333. The fourth-order valence-electron chi connectivity index (χ4n) is 4.20. The Kier molecular flexibility index (Phi) is 7.23. The molecule has 2 atom stereocenters. The predicted octanol–water partition coefficient (Wildman–Crippen LogP) is 4.99. The van der Waals surface area contributed by atoms with Gasteiger partial charge < -0.3 is 14.2 Å². The number of halogens is 1. The summed E-state index contributed by atoms with van der Waals surface area (Å²) in [5.41, 5.74) is 1.99. The van der Waals surface area contributed by atoms with Crippen LogP contribution in [0.3, 0.4) is 0 Å². The molecule has 5 nitrogen and oxygen atoms in total. The van der Waals surface area contributed by atoms with Crippen LogP contribution < -0.4 is 0 Å². The highest BCUT2D eigenvalue weighted by Crippen LogP contribution is 2.48. The van der Waals surface area contributed by atoms with Gasteiger partial charge in [-0.15, -0.1) is 0 Å². The van der Waals surface area contributed by atoms with Gasteiger partial charge >= 0.3 is 0 Å². The normalized spacial score (nSPS) is 16.9. The lowest BCUT2D eigenvalue weighted by atomic mass is 10.1. The highest BCUT2D eigenvalue weighted by Gasteiger charge is 2.45. The van der Waals surface area contributed by atoms with Crippen LogP contribution in [-0.2, 0) is 22.7 Å². The molecule has 1 saturated carbocycles. The molecule has 4 rings (SSSR count). The molecule has 1 fully saturated rings. The van der Waals surface area contributed by atoms with E-state index in [1.807, 2.05) is 31.2 Å². The summed E-state index contributed by atoms with van der Waals surface area (Å²) in [4.78, 5) is 29.9. The smallest absolute Gasteiger partial charge is 0.242 e. The summed E-state index contributed by atoms with van der Waals surface area (Å²) in [5, 5.41) is 0. The Labute approximate surface area is 193 Å². The number of carbonyl (C=O) groups is 2. The molecular weight excluding hydrogens is 419 g/mol. The molecule has 2 amide bonds. The molecule has 1 aliphatic rings. The largest absolute Gasteiger partial charge is 0.467 e. The molecule has 2 aromatic carbocycles. The van der Waals surface area contributed by atoms with Gasteiger partial charge in [0, 0.05) is 19.0 Å². The van der Waals surface area contributed by atoms with Crippen molar-refractivity contribution < 1.29 is 18.4 Å². The van der Waals surface area contributed by atoms with Crippen LogP contribution in [0.1, 0.15) is 42.6 Å². The molecule has 0 radical (unpaired) electrons. The predicted molar refractivity (Wildman–Crippen MR) is 124 cm³/mol. The molecule has 0 aliphatic heterocycles. The Morgan fingerprint density at radius 2 is 1.73 bits per heavy atom. The molecule has 33 heavy (non-hydrogen) atoms. The summed E-state index contributed by atoms with van der Waals surface area (Å²) in [6.07, 6.45) is 3.17. The molecule has 1 aliphatic carbocycles. The van der Waals surface area contributed by atoms with Crippen molar-refractivity contribution in [1.82, 2.24) is 9.80 Å². The van der Waals surface area contributed by atoms with Gasteiger partial charge in [0.2, 0.25) is 11.8 Å². The molecule has 0 spiro atoms. The van der Waals surface area contributed by atoms with Gasteiger partial charge in [0.25, 0.3) is 0 Å². The van der Waals surface area contributed by atoms with Crippen molar-refractivity contribution in [2.24, 2.45) is 5.92 Å². The maximum absolute atomic E-state index is 13.3. The average Bonchev–Trinajstić information content (AvgIpc) is 3.47. The zero-order chi connectivity index (χ0) is 23.2. The SMILES string of the molecule is CCCN(CC(=O)N(Cc1ccc(F)cc1)Cc1ccco1)C(=O)[C@H]1C[C@H]1c1ccccc1. The molecule has 6 heteroatoms. The van der Waals surface area contributed by atoms with Crippen molar-refractivity contribution in [1.29, 1.82) is 0 Å². The van der Waals surface area contributed by atoms with Crippen molar-refractivity contribution in [2.75, 3.05) is 13.1 Å². The monoisotopic (exact) mass is 448 g/mol. The van der Waals surface area contributed by atoms with Gasteiger partial charge in [-0.2, -0.15) is 0 Å². The molecule has 3 aromatic rings. The standard InChI is InChI=1S/C27H29FN2O3/c1-2-14-29(27(32)25-16-24(25)21-7-4-3-5-8-21)19-26(31)30(18-23-9-6-15-33-23)17-20-10-12-22(28)13-11-20/h3-13,15,24-25H,2,14,16-19H2,1H3/t24-,25-/m0/s1. The van der Waals surface area contributed by atoms with Crippen molar-refractivity contribution in [3.63, 3.8) is 0 Å². The fourth-order valence-corrected chi connectivity index (χ4v) is 4.20. The third kappa shape index (κ3) is 5.89. The van der Waals surface area contributed by atoms with Gasteiger partial charge in [-0.1, -0.05) is 49.4 Å². The molecule has 172 valence electrons. The molecule has 0 bridgehead atoms. The van der Waals surface area contributed by atoms with Crippen LogP contribution in [0.25, 0.3) is 0 Å². The lowest BCUT2D eigenvalue weighted by Gasteiger charge is -2.27. The van der Waals surface area contributed by atoms with Crippen molar-refractivity contribution in [3.8, 4) is 0 Å². The van der Waals surface area contributed by atoms with Gasteiger partial charge in [-0.05, 0) is 54.2 Å². The van der Waals surface area contributed by atoms with E-state index in [9.17, 15) is 14.0 Å². The molecule has 0 N–H and O–H groups in total. The van der Waals surface area contributed by atoms with Gasteiger partial charge in [0.15, 0.2) is 0 Å². The second-order valence-electron chi connectivity index (χ2n) is 8.57. The zero-order valence-electron chi connectivity index (χ0n) is 18.8. The summed E-state index contributed by atoms with van der Waals surface area (Å²) in [6, 6.07) is 19.8. The second-order valence-corrected chi connectivity index (χ2v) is 8.57. The van der Waals surface area contributed by atoms with E-state index in [0.717, 1.165) is 18.4 Å². The Balaban J connectivity index is 1.45. The molecule has 1 aromatic heterocycles. The topological polar surface area (TPSA) is 53.8 Å². The number of hydrogen-bond acceptors (Lipinski definition) is 3. The van der Waals surface area contributed by atoms with Crippen LogP contribution in [0.4, 0.5) is 4.39 Å². The minimum Gasteiger partial charge on any atom is -0.467 e. The van der Waals surface area contributed by atoms with Crippen LogP contribution in [0.15, 0.2) is 77.4 Å². The Bertz CT molecular complexity index is 1050. The van der Waals surface area contributed by atoms with Crippen LogP contribution >= 0.6 is 0 Å². The van der Waals surface area contributed by atoms with E-state index in [1.54, 1.807) is 34.3 Å². The Hall–Kier alpha value is -3.41. The first-order valence-corrected chi connectivity index (χ1v) is 11.4. The average molecular weight is 449 g/mol. The van der Waals surface area contributed by atoms with Crippen LogP contribution in [0.5, 0.6) is 0 Å². The molecular formula is C27H29FN2O3. The first-order valence-electron chi connectivity index (χ1n) is 11.4. The minimum absolute atomic E-state index is 0.0204. The molecule has 0 unspecified atom stereocenters. The third-order valence-electron chi connectivity index (χ3n) is 6.03. The highest BCUT2D eigenvalue weighted by atomic mass is 19.1. The van der Waals surface area contributed by atoms with E-state index in [1.165, 1.54) is 17.7 Å². The van der Waals surface area contributed by atoms with E-state index < -0.39 is 0 Å². The molecule has 1 heterocycles. The maximum Gasteiger partial charge on any atom is 0.242 e. The van der Waals surface area contributed by atoms with E-state index in [4.69, 9.17) is 4.42 Å². The lowest BCUT2D eigenvalue weighted by molar-refractivity contribution is -0.142. The molecule has 0 saturated heterocycles. The van der Waals surface area contributed by atoms with Crippen LogP contribution in [0.2, 0.25) is 0 Å². The van der Waals surface area contributed by atoms with Gasteiger partial charge in [0.1, 0.15) is 11.6 Å². The summed E-state index contributed by atoms with van der Waals surface area (Å²) in [7, 11) is 0. The number of benzene rings is 2. The highest BCUT2D eigenvalue weighted by molar-refractivity contribution is 5.88. The van der Waals surface area contributed by atoms with Crippen molar-refractivity contribution >= 4 is 11.8 Å². The van der Waals surface area contributed by atoms with Gasteiger partial charge in [-0.25, -0.2) is 4.39 Å². The summed E-state index contributed by atoms with van der Waals surface area (Å²) >= 11 is 0. The van der Waals surface area contributed by atoms with E-state index in [0.29, 0.717) is 18.8 Å². The van der Waals surface area contributed by atoms with Gasteiger partial charge in [-0.3, -0.25) is 9.59 Å². The number of amides is 2. The third-order valence-corrected chi connectivity index (χ3v) is 6.03. The van der Waals surface area contributed by atoms with Gasteiger partial charge in [0.05, 0.1) is 19.4 Å². The quantitative estimate of drug-likeness (QED) is 0.439. The number of carbonyl (C=O) groups excluding carboxylic acids is 2. The lowest BCUT2D eigenvalue weighted by Crippen LogP contribution is -2.43. The maximum atomic E-state index is 13.3. The van der Waals surface area contributed by atoms with E-state index in [-0.39, 0.29) is 42.6 Å². The van der Waals surface area contributed by atoms with Crippen LogP contribution in [0, 0.1) is 11.7 Å². The van der Waals surface area contributed by atoms with Crippen molar-refractivity contribution in [3.05, 3.63) is 95.7 Å². The number of hydrogen-bond donors (Lipinski definition) is 0. The summed E-state index contributed by atoms with van der Waals surface area (Å²) < 4.78 is 18.8. The first-order chi connectivity index (χ1) is 16.0. The number of rotatable bonds is 10. The number of nitrogens with zero attached hydrogens (tertiary/aromatic N) is 2. The Morgan fingerprint density at radius 3 is 2.39 bits per heavy atom. The van der Waals surface area contributed by atoms with Crippen molar-refractivity contribution in [2.45, 2.75) is 38.8 Å². The minimum atomic E-state index is -0.320. The first kappa shape index (κ1) is 22.8. The number of furan rings is 1. The van der Waals surface area contributed by atoms with E-state index in [2.05, 4.69) is 12.1 Å². The Morgan fingerprint density at radius 1 is 0.970 bits per heavy atom. The summed E-state index contributed by atoms with van der Waals surface area (Å²) in [5.74, 6) is 0.382. The van der Waals surface area contributed by atoms with Crippen LogP contribution in [-0.4, -0.2) is 34.7 Å².